The molecule has 5 nitrogen and oxygen atoms in total. The van der Waals surface area contributed by atoms with Gasteiger partial charge in [0.25, 0.3) is 0 Å². The van der Waals surface area contributed by atoms with Gasteiger partial charge in [0, 0.05) is 19.4 Å². The van der Waals surface area contributed by atoms with Crippen LogP contribution in [0.15, 0.2) is 4.47 Å². The molecule has 1 unspecified atom stereocenters. The van der Waals surface area contributed by atoms with Crippen molar-refractivity contribution in [3.05, 3.63) is 15.9 Å². The summed E-state index contributed by atoms with van der Waals surface area (Å²) in [6.07, 6.45) is 0.313. The van der Waals surface area contributed by atoms with E-state index in [1.807, 2.05) is 14.0 Å². The van der Waals surface area contributed by atoms with Crippen LogP contribution in [-0.2, 0) is 23.2 Å². The number of halogens is 1. The van der Waals surface area contributed by atoms with Crippen LogP contribution < -0.4 is 0 Å². The molecule has 92 valence electrons. The van der Waals surface area contributed by atoms with Gasteiger partial charge >= 0.3 is 0 Å². The van der Waals surface area contributed by atoms with Gasteiger partial charge in [0.1, 0.15) is 0 Å². The third-order valence-corrected chi connectivity index (χ3v) is 4.07. The summed E-state index contributed by atoms with van der Waals surface area (Å²) in [5.74, 6) is -0.399. The lowest BCUT2D eigenvalue weighted by Gasteiger charge is -2.14. The van der Waals surface area contributed by atoms with E-state index in [2.05, 4.69) is 21.0 Å². The Morgan fingerprint density at radius 2 is 2.12 bits per heavy atom. The van der Waals surface area contributed by atoms with Crippen LogP contribution in [0.4, 0.5) is 0 Å². The van der Waals surface area contributed by atoms with Crippen LogP contribution in [0.2, 0.25) is 0 Å². The Balaban J connectivity index is 2.27. The van der Waals surface area contributed by atoms with Crippen molar-refractivity contribution in [2.45, 2.75) is 26.8 Å². The van der Waals surface area contributed by atoms with Crippen LogP contribution in [0.5, 0.6) is 0 Å². The van der Waals surface area contributed by atoms with Gasteiger partial charge in [-0.15, -0.1) is 0 Å². The van der Waals surface area contributed by atoms with Crippen LogP contribution in [0, 0.1) is 12.8 Å². The number of hydrogen-bond acceptors (Lipinski definition) is 3. The molecule has 1 saturated heterocycles. The molecule has 2 rings (SSSR count). The molecule has 2 heterocycles. The van der Waals surface area contributed by atoms with Crippen LogP contribution in [0.3, 0.4) is 0 Å². The first-order chi connectivity index (χ1) is 7.91. The highest BCUT2D eigenvalue weighted by molar-refractivity contribution is 9.10. The number of hydrogen-bond donors (Lipinski definition) is 0. The molecule has 0 spiro atoms. The van der Waals surface area contributed by atoms with Crippen molar-refractivity contribution in [2.24, 2.45) is 13.0 Å². The maximum atomic E-state index is 11.8. The maximum Gasteiger partial charge on any atom is 0.232 e. The molecule has 1 aromatic heterocycles. The number of carbonyl (C=O) groups is 2. The predicted octanol–water partition coefficient (Wildman–Crippen LogP) is 1.39. The first kappa shape index (κ1) is 12.3. The fraction of sp³-hybridized carbons (Fsp3) is 0.545. The maximum absolute atomic E-state index is 11.8. The molecular formula is C11H14BrN3O2. The zero-order chi connectivity index (χ0) is 12.7. The molecule has 1 aliphatic rings. The number of aromatic nitrogens is 2. The first-order valence-electron chi connectivity index (χ1n) is 5.44. The third kappa shape index (κ3) is 2.01. The van der Waals surface area contributed by atoms with Crippen LogP contribution >= 0.6 is 15.9 Å². The quantitative estimate of drug-likeness (QED) is 0.776. The van der Waals surface area contributed by atoms with E-state index >= 15 is 0 Å². The Hall–Kier alpha value is -1.17. The Bertz CT molecular complexity index is 495. The Kier molecular flexibility index (Phi) is 3.07. The molecule has 0 N–H and O–H groups in total. The summed E-state index contributed by atoms with van der Waals surface area (Å²) in [7, 11) is 1.81. The molecule has 6 heteroatoms. The highest BCUT2D eigenvalue weighted by atomic mass is 79.9. The highest BCUT2D eigenvalue weighted by Gasteiger charge is 2.36. The van der Waals surface area contributed by atoms with Gasteiger partial charge in [-0.2, -0.15) is 5.10 Å². The zero-order valence-corrected chi connectivity index (χ0v) is 11.6. The van der Waals surface area contributed by atoms with Crippen molar-refractivity contribution in [3.8, 4) is 0 Å². The Morgan fingerprint density at radius 1 is 1.47 bits per heavy atom. The van der Waals surface area contributed by atoms with Crippen molar-refractivity contribution in [3.63, 3.8) is 0 Å². The topological polar surface area (TPSA) is 55.2 Å². The lowest BCUT2D eigenvalue weighted by molar-refractivity contribution is -0.140. The first-order valence-corrected chi connectivity index (χ1v) is 6.23. The van der Waals surface area contributed by atoms with E-state index in [1.165, 1.54) is 4.90 Å². The van der Waals surface area contributed by atoms with E-state index in [0.717, 1.165) is 15.9 Å². The molecule has 1 fully saturated rings. The van der Waals surface area contributed by atoms with Crippen molar-refractivity contribution in [1.29, 1.82) is 0 Å². The van der Waals surface area contributed by atoms with Crippen molar-refractivity contribution in [2.75, 3.05) is 0 Å². The van der Waals surface area contributed by atoms with Gasteiger partial charge < -0.3 is 0 Å². The lowest BCUT2D eigenvalue weighted by Crippen LogP contribution is -2.30. The number of imide groups is 1. The average Bonchev–Trinajstić information content (AvgIpc) is 2.62. The Morgan fingerprint density at radius 3 is 2.53 bits per heavy atom. The van der Waals surface area contributed by atoms with Crippen LogP contribution in [0.25, 0.3) is 0 Å². The minimum atomic E-state index is -0.199. The van der Waals surface area contributed by atoms with Gasteiger partial charge in [-0.1, -0.05) is 6.92 Å². The molecule has 0 radical (unpaired) electrons. The van der Waals surface area contributed by atoms with Gasteiger partial charge in [-0.3, -0.25) is 19.2 Å². The van der Waals surface area contributed by atoms with E-state index < -0.39 is 0 Å². The highest BCUT2D eigenvalue weighted by Crippen LogP contribution is 2.26. The Labute approximate surface area is 108 Å². The van der Waals surface area contributed by atoms with E-state index in [4.69, 9.17) is 0 Å². The fourth-order valence-corrected chi connectivity index (χ4v) is 2.48. The van der Waals surface area contributed by atoms with Crippen LogP contribution in [-0.4, -0.2) is 26.5 Å². The SMILES string of the molecule is Cc1nn(C)c(CN2C(=O)CC(C)C2=O)c1Br. The molecular weight excluding hydrogens is 286 g/mol. The zero-order valence-electron chi connectivity index (χ0n) is 10.0. The van der Waals surface area contributed by atoms with Gasteiger partial charge in [0.05, 0.1) is 22.4 Å². The summed E-state index contributed by atoms with van der Waals surface area (Å²) >= 11 is 3.43. The second-order valence-corrected chi connectivity index (χ2v) is 5.19. The molecule has 0 aromatic carbocycles. The molecule has 1 aliphatic heterocycles. The molecule has 1 aromatic rings. The molecule has 0 saturated carbocycles. The molecule has 17 heavy (non-hydrogen) atoms. The number of aryl methyl sites for hydroxylation is 2. The van der Waals surface area contributed by atoms with Gasteiger partial charge in [0.2, 0.25) is 11.8 Å². The van der Waals surface area contributed by atoms with Gasteiger partial charge in [0.15, 0.2) is 0 Å². The number of amides is 2. The van der Waals surface area contributed by atoms with Crippen LogP contribution in [0.1, 0.15) is 24.7 Å². The van der Waals surface area contributed by atoms with Gasteiger partial charge in [-0.05, 0) is 22.9 Å². The molecule has 0 bridgehead atoms. The molecule has 2 amide bonds. The normalized spacial score (nSPS) is 20.5. The van der Waals surface area contributed by atoms with E-state index in [1.54, 1.807) is 11.6 Å². The smallest absolute Gasteiger partial charge is 0.232 e. The number of rotatable bonds is 2. The molecule has 0 aliphatic carbocycles. The average molecular weight is 300 g/mol. The summed E-state index contributed by atoms with van der Waals surface area (Å²) < 4.78 is 2.56. The summed E-state index contributed by atoms with van der Waals surface area (Å²) in [5.41, 5.74) is 1.70. The fourth-order valence-electron chi connectivity index (χ4n) is 2.02. The van der Waals surface area contributed by atoms with E-state index in [9.17, 15) is 9.59 Å². The number of nitrogens with zero attached hydrogens (tertiary/aromatic N) is 3. The summed E-state index contributed by atoms with van der Waals surface area (Å²) in [6, 6.07) is 0. The number of carbonyl (C=O) groups excluding carboxylic acids is 2. The van der Waals surface area contributed by atoms with Crippen molar-refractivity contribution >= 4 is 27.7 Å². The summed E-state index contributed by atoms with van der Waals surface area (Å²) in [6.45, 7) is 3.95. The molecule has 1 atom stereocenters. The lowest BCUT2D eigenvalue weighted by atomic mass is 10.1. The summed E-state index contributed by atoms with van der Waals surface area (Å²) in [5, 5.41) is 4.24. The van der Waals surface area contributed by atoms with Crippen molar-refractivity contribution < 1.29 is 9.59 Å². The minimum absolute atomic E-state index is 0.0965. The predicted molar refractivity (Wildman–Crippen MR) is 65.0 cm³/mol. The minimum Gasteiger partial charge on any atom is -0.276 e. The number of likely N-dealkylation sites (tertiary alicyclic amines) is 1. The van der Waals surface area contributed by atoms with Gasteiger partial charge in [-0.25, -0.2) is 0 Å². The van der Waals surface area contributed by atoms with Crippen molar-refractivity contribution in [1.82, 2.24) is 14.7 Å². The summed E-state index contributed by atoms with van der Waals surface area (Å²) in [4.78, 5) is 24.8. The monoisotopic (exact) mass is 299 g/mol. The second-order valence-electron chi connectivity index (χ2n) is 4.39. The largest absolute Gasteiger partial charge is 0.276 e. The standard InChI is InChI=1S/C11H14BrN3O2/c1-6-4-9(16)15(11(6)17)5-8-10(12)7(2)13-14(8)3/h6H,4-5H2,1-3H3. The third-order valence-electron chi connectivity index (χ3n) is 3.04. The van der Waals surface area contributed by atoms with E-state index in [0.29, 0.717) is 13.0 Å². The second kappa shape index (κ2) is 4.25. The van der Waals surface area contributed by atoms with E-state index in [-0.39, 0.29) is 17.7 Å².